The molecule has 0 spiro atoms. The molecule has 0 saturated carbocycles. The molecule has 0 aliphatic carbocycles. The Kier molecular flexibility index (Phi) is 3.90. The van der Waals surface area contributed by atoms with Gasteiger partial charge in [-0.3, -0.25) is 10.1 Å². The van der Waals surface area contributed by atoms with E-state index in [-0.39, 0.29) is 11.5 Å². The second-order valence-electron chi connectivity index (χ2n) is 4.34. The van der Waals surface area contributed by atoms with Crippen LogP contribution in [0.1, 0.15) is 11.1 Å². The van der Waals surface area contributed by atoms with Crippen LogP contribution in [-0.2, 0) is 10.0 Å². The van der Waals surface area contributed by atoms with Crippen molar-refractivity contribution in [2.75, 3.05) is 4.72 Å². The van der Waals surface area contributed by atoms with Crippen LogP contribution < -0.4 is 10.5 Å². The number of anilines is 1. The fourth-order valence-electron chi connectivity index (χ4n) is 1.66. The zero-order chi connectivity index (χ0) is 15.6. The highest BCUT2D eigenvalue weighted by Gasteiger charge is 2.21. The van der Waals surface area contributed by atoms with Crippen LogP contribution in [0.2, 0.25) is 0 Å². The number of nitrogen functional groups attached to an aromatic ring is 1. The zero-order valence-electron chi connectivity index (χ0n) is 11.1. The van der Waals surface area contributed by atoms with E-state index in [1.165, 1.54) is 18.3 Å². The molecule has 0 atom stereocenters. The smallest absolute Gasteiger partial charge is 0.282 e. The van der Waals surface area contributed by atoms with Crippen molar-refractivity contribution in [2.24, 2.45) is 5.73 Å². The SMILES string of the molecule is Cc1ccc(C(=N)N)cc1NS(=O)(=O)c1ncccc1F. The minimum absolute atomic E-state index is 0.195. The Labute approximate surface area is 121 Å². The third-order valence-corrected chi connectivity index (χ3v) is 4.07. The summed E-state index contributed by atoms with van der Waals surface area (Å²) in [5.74, 6) is -1.13. The molecule has 0 saturated heterocycles. The highest BCUT2D eigenvalue weighted by atomic mass is 32.2. The minimum Gasteiger partial charge on any atom is -0.384 e. The summed E-state index contributed by atoms with van der Waals surface area (Å²) >= 11 is 0. The predicted molar refractivity (Wildman–Crippen MR) is 77.2 cm³/mol. The molecule has 0 bridgehead atoms. The molecule has 0 radical (unpaired) electrons. The first-order chi connectivity index (χ1) is 9.81. The van der Waals surface area contributed by atoms with Crippen LogP contribution in [0.3, 0.4) is 0 Å². The van der Waals surface area contributed by atoms with Gasteiger partial charge in [-0.1, -0.05) is 12.1 Å². The predicted octanol–water partition coefficient (Wildman–Crippen LogP) is 1.61. The maximum absolute atomic E-state index is 13.6. The van der Waals surface area contributed by atoms with Crippen LogP contribution in [-0.4, -0.2) is 19.2 Å². The highest BCUT2D eigenvalue weighted by Crippen LogP contribution is 2.21. The third kappa shape index (κ3) is 3.16. The number of aryl methyl sites for hydroxylation is 1. The number of nitrogens with one attached hydrogen (secondary N) is 2. The lowest BCUT2D eigenvalue weighted by atomic mass is 10.1. The van der Waals surface area contributed by atoms with Crippen molar-refractivity contribution >= 4 is 21.5 Å². The normalized spacial score (nSPS) is 11.1. The summed E-state index contributed by atoms with van der Waals surface area (Å²) < 4.78 is 40.1. The number of halogens is 1. The molecule has 0 aliphatic heterocycles. The number of pyridine rings is 1. The topological polar surface area (TPSA) is 109 Å². The molecule has 2 rings (SSSR count). The summed E-state index contributed by atoms with van der Waals surface area (Å²) in [7, 11) is -4.16. The van der Waals surface area contributed by atoms with Crippen molar-refractivity contribution < 1.29 is 12.8 Å². The molecular weight excluding hydrogens is 295 g/mol. The van der Waals surface area contributed by atoms with Gasteiger partial charge in [0.1, 0.15) is 5.84 Å². The second kappa shape index (κ2) is 5.49. The molecule has 110 valence electrons. The Morgan fingerprint density at radius 3 is 2.71 bits per heavy atom. The summed E-state index contributed by atoms with van der Waals surface area (Å²) in [6.45, 7) is 1.68. The van der Waals surface area contributed by atoms with E-state index in [4.69, 9.17) is 11.1 Å². The van der Waals surface area contributed by atoms with Gasteiger partial charge in [-0.15, -0.1) is 0 Å². The Hall–Kier alpha value is -2.48. The van der Waals surface area contributed by atoms with Crippen LogP contribution >= 0.6 is 0 Å². The summed E-state index contributed by atoms with van der Waals surface area (Å²) in [4.78, 5) is 3.54. The van der Waals surface area contributed by atoms with Crippen LogP contribution in [0.25, 0.3) is 0 Å². The first kappa shape index (κ1) is 14.9. The number of rotatable bonds is 4. The van der Waals surface area contributed by atoms with Gasteiger partial charge in [0.15, 0.2) is 5.82 Å². The van der Waals surface area contributed by atoms with Gasteiger partial charge in [0, 0.05) is 11.8 Å². The van der Waals surface area contributed by atoms with Gasteiger partial charge >= 0.3 is 0 Å². The number of amidine groups is 1. The second-order valence-corrected chi connectivity index (χ2v) is 5.94. The number of aromatic nitrogens is 1. The molecule has 1 aromatic heterocycles. The van der Waals surface area contributed by atoms with Gasteiger partial charge < -0.3 is 5.73 Å². The van der Waals surface area contributed by atoms with Crippen molar-refractivity contribution in [3.8, 4) is 0 Å². The van der Waals surface area contributed by atoms with E-state index in [1.807, 2.05) is 0 Å². The van der Waals surface area contributed by atoms with E-state index in [9.17, 15) is 12.8 Å². The number of benzene rings is 1. The molecule has 0 aliphatic rings. The van der Waals surface area contributed by atoms with Gasteiger partial charge in [0.25, 0.3) is 10.0 Å². The summed E-state index contributed by atoms with van der Waals surface area (Å²) in [6, 6.07) is 6.94. The Bertz CT molecular complexity index is 806. The Morgan fingerprint density at radius 1 is 1.38 bits per heavy atom. The molecule has 0 unspecified atom stereocenters. The largest absolute Gasteiger partial charge is 0.384 e. The van der Waals surface area contributed by atoms with E-state index in [1.54, 1.807) is 19.1 Å². The molecular formula is C13H13FN4O2S. The van der Waals surface area contributed by atoms with E-state index in [2.05, 4.69) is 9.71 Å². The lowest BCUT2D eigenvalue weighted by Gasteiger charge is -2.11. The molecule has 21 heavy (non-hydrogen) atoms. The molecule has 1 aromatic carbocycles. The first-order valence-electron chi connectivity index (χ1n) is 5.89. The molecule has 4 N–H and O–H groups in total. The van der Waals surface area contributed by atoms with Crippen molar-refractivity contribution in [2.45, 2.75) is 11.9 Å². The molecule has 1 heterocycles. The van der Waals surface area contributed by atoms with E-state index < -0.39 is 20.9 Å². The zero-order valence-corrected chi connectivity index (χ0v) is 11.9. The number of nitrogens with zero attached hydrogens (tertiary/aromatic N) is 1. The lowest BCUT2D eigenvalue weighted by molar-refractivity contribution is 0.557. The van der Waals surface area contributed by atoms with Crippen LogP contribution in [0.4, 0.5) is 10.1 Å². The minimum atomic E-state index is -4.16. The van der Waals surface area contributed by atoms with Crippen molar-refractivity contribution in [1.82, 2.24) is 4.98 Å². The number of hydrogen-bond acceptors (Lipinski definition) is 4. The van der Waals surface area contributed by atoms with Crippen LogP contribution in [0, 0.1) is 18.2 Å². The average Bonchev–Trinajstić information content (AvgIpc) is 2.41. The van der Waals surface area contributed by atoms with Gasteiger partial charge in [0.05, 0.1) is 5.69 Å². The Morgan fingerprint density at radius 2 is 2.10 bits per heavy atom. The molecule has 0 amide bonds. The quantitative estimate of drug-likeness (QED) is 0.589. The van der Waals surface area contributed by atoms with Crippen LogP contribution in [0.15, 0.2) is 41.6 Å². The molecule has 2 aromatic rings. The number of hydrogen-bond donors (Lipinski definition) is 3. The van der Waals surface area contributed by atoms with Gasteiger partial charge in [0.2, 0.25) is 5.03 Å². The summed E-state index contributed by atoms with van der Waals surface area (Å²) in [6.07, 6.45) is 1.19. The van der Waals surface area contributed by atoms with Crippen molar-refractivity contribution in [3.05, 3.63) is 53.5 Å². The standard InChI is InChI=1S/C13H13FN4O2S/c1-8-4-5-9(12(15)16)7-11(8)18-21(19,20)13-10(14)3-2-6-17-13/h2-7,18H,1H3,(H3,15,16). The van der Waals surface area contributed by atoms with E-state index in [0.717, 1.165) is 6.07 Å². The fraction of sp³-hybridized carbons (Fsp3) is 0.0769. The van der Waals surface area contributed by atoms with Crippen molar-refractivity contribution in [1.29, 1.82) is 5.41 Å². The van der Waals surface area contributed by atoms with E-state index in [0.29, 0.717) is 11.1 Å². The average molecular weight is 308 g/mol. The third-order valence-electron chi connectivity index (χ3n) is 2.77. The van der Waals surface area contributed by atoms with Gasteiger partial charge in [-0.25, -0.2) is 9.37 Å². The molecule has 6 nitrogen and oxygen atoms in total. The number of nitrogens with two attached hydrogens (primary N) is 1. The summed E-state index contributed by atoms with van der Waals surface area (Å²) in [5.41, 5.74) is 6.55. The highest BCUT2D eigenvalue weighted by molar-refractivity contribution is 7.92. The lowest BCUT2D eigenvalue weighted by Crippen LogP contribution is -2.18. The molecule has 8 heteroatoms. The number of sulfonamides is 1. The van der Waals surface area contributed by atoms with Gasteiger partial charge in [-0.2, -0.15) is 8.42 Å². The van der Waals surface area contributed by atoms with Crippen LogP contribution in [0.5, 0.6) is 0 Å². The van der Waals surface area contributed by atoms with Crippen molar-refractivity contribution in [3.63, 3.8) is 0 Å². The Balaban J connectivity index is 2.44. The summed E-state index contributed by atoms with van der Waals surface area (Å²) in [5, 5.41) is 6.68. The van der Waals surface area contributed by atoms with Gasteiger partial charge in [-0.05, 0) is 30.7 Å². The maximum atomic E-state index is 13.6. The molecule has 0 fully saturated rings. The monoisotopic (exact) mass is 308 g/mol. The first-order valence-corrected chi connectivity index (χ1v) is 7.38. The fourth-order valence-corrected chi connectivity index (χ4v) is 2.79. The van der Waals surface area contributed by atoms with E-state index >= 15 is 0 Å². The maximum Gasteiger partial charge on any atom is 0.282 e.